The Balaban J connectivity index is 2.07. The Kier molecular flexibility index (Phi) is 3.87. The van der Waals surface area contributed by atoms with Crippen LogP contribution in [-0.4, -0.2) is 31.6 Å². The number of benzene rings is 1. The van der Waals surface area contributed by atoms with Crippen molar-refractivity contribution in [3.05, 3.63) is 35.5 Å². The third-order valence-electron chi connectivity index (χ3n) is 3.16. The van der Waals surface area contributed by atoms with Gasteiger partial charge in [-0.2, -0.15) is 0 Å². The van der Waals surface area contributed by atoms with Gasteiger partial charge in [-0.1, -0.05) is 18.2 Å². The number of nitrogens with zero attached hydrogens (tertiary/aromatic N) is 1. The Hall–Kier alpha value is -1.97. The first-order valence-electron chi connectivity index (χ1n) is 6.20. The predicted molar refractivity (Wildman–Crippen MR) is 77.2 cm³/mol. The standard InChI is InChI=1S/C14H20N4/c1-10-5-4-6-12-11(9-18-13(10)12)7-8-17-14(15-2)16-3/h4-6,9,18H,7-8H2,1-3H3,(H2,15,16,17). The summed E-state index contributed by atoms with van der Waals surface area (Å²) >= 11 is 0. The number of H-pyrrole nitrogens is 1. The maximum atomic E-state index is 4.09. The van der Waals surface area contributed by atoms with Crippen molar-refractivity contribution in [2.24, 2.45) is 4.99 Å². The molecule has 1 aromatic heterocycles. The van der Waals surface area contributed by atoms with Gasteiger partial charge in [0.25, 0.3) is 0 Å². The van der Waals surface area contributed by atoms with Gasteiger partial charge in [-0.3, -0.25) is 4.99 Å². The van der Waals surface area contributed by atoms with Crippen LogP contribution in [0, 0.1) is 6.92 Å². The highest BCUT2D eigenvalue weighted by Gasteiger charge is 2.04. The van der Waals surface area contributed by atoms with Crippen molar-refractivity contribution in [2.75, 3.05) is 20.6 Å². The molecule has 2 aromatic rings. The molecule has 0 spiro atoms. The molecule has 3 N–H and O–H groups in total. The molecule has 0 aliphatic rings. The molecule has 96 valence electrons. The lowest BCUT2D eigenvalue weighted by molar-refractivity contribution is 0.837. The minimum absolute atomic E-state index is 0.825. The van der Waals surface area contributed by atoms with Gasteiger partial charge in [0.05, 0.1) is 0 Å². The summed E-state index contributed by atoms with van der Waals surface area (Å²) in [5.74, 6) is 0.825. The van der Waals surface area contributed by atoms with E-state index in [1.54, 1.807) is 7.05 Å². The van der Waals surface area contributed by atoms with Crippen LogP contribution in [-0.2, 0) is 6.42 Å². The number of guanidine groups is 1. The van der Waals surface area contributed by atoms with E-state index in [0.717, 1.165) is 18.9 Å². The number of rotatable bonds is 3. The number of aryl methyl sites for hydroxylation is 1. The highest BCUT2D eigenvalue weighted by Crippen LogP contribution is 2.21. The monoisotopic (exact) mass is 244 g/mol. The van der Waals surface area contributed by atoms with E-state index in [4.69, 9.17) is 0 Å². The molecule has 0 unspecified atom stereocenters. The fourth-order valence-corrected chi connectivity index (χ4v) is 2.17. The van der Waals surface area contributed by atoms with Crippen LogP contribution in [0.25, 0.3) is 10.9 Å². The van der Waals surface area contributed by atoms with Crippen molar-refractivity contribution in [1.82, 2.24) is 15.6 Å². The molecule has 4 nitrogen and oxygen atoms in total. The summed E-state index contributed by atoms with van der Waals surface area (Å²) < 4.78 is 0. The third-order valence-corrected chi connectivity index (χ3v) is 3.16. The van der Waals surface area contributed by atoms with Crippen LogP contribution in [0.5, 0.6) is 0 Å². The van der Waals surface area contributed by atoms with Crippen molar-refractivity contribution in [3.8, 4) is 0 Å². The first-order valence-corrected chi connectivity index (χ1v) is 6.20. The van der Waals surface area contributed by atoms with E-state index in [9.17, 15) is 0 Å². The molecular weight excluding hydrogens is 224 g/mol. The van der Waals surface area contributed by atoms with Gasteiger partial charge in [0, 0.05) is 37.7 Å². The average Bonchev–Trinajstić information content (AvgIpc) is 2.80. The van der Waals surface area contributed by atoms with Crippen LogP contribution < -0.4 is 10.6 Å². The van der Waals surface area contributed by atoms with Crippen molar-refractivity contribution in [1.29, 1.82) is 0 Å². The lowest BCUT2D eigenvalue weighted by atomic mass is 10.1. The number of hydrogen-bond acceptors (Lipinski definition) is 1. The summed E-state index contributed by atoms with van der Waals surface area (Å²) in [5.41, 5.74) is 3.87. The van der Waals surface area contributed by atoms with E-state index in [-0.39, 0.29) is 0 Å². The van der Waals surface area contributed by atoms with E-state index < -0.39 is 0 Å². The summed E-state index contributed by atoms with van der Waals surface area (Å²) in [6.07, 6.45) is 3.08. The van der Waals surface area contributed by atoms with Crippen molar-refractivity contribution >= 4 is 16.9 Å². The highest BCUT2D eigenvalue weighted by atomic mass is 15.1. The van der Waals surface area contributed by atoms with Crippen LogP contribution in [0.3, 0.4) is 0 Å². The summed E-state index contributed by atoms with van der Waals surface area (Å²) in [6, 6.07) is 6.40. The SMILES string of the molecule is CN=C(NC)NCCc1c[nH]c2c(C)cccc12. The molecule has 0 bridgehead atoms. The maximum absolute atomic E-state index is 4.09. The normalized spacial score (nSPS) is 11.8. The van der Waals surface area contributed by atoms with Crippen LogP contribution in [0.15, 0.2) is 29.4 Å². The molecule has 0 saturated carbocycles. The fraction of sp³-hybridized carbons (Fsp3) is 0.357. The number of hydrogen-bond donors (Lipinski definition) is 3. The lowest BCUT2D eigenvalue weighted by Gasteiger charge is -2.07. The molecule has 0 fully saturated rings. The zero-order valence-electron chi connectivity index (χ0n) is 11.2. The number of para-hydroxylation sites is 1. The molecule has 1 aromatic carbocycles. The summed E-state index contributed by atoms with van der Waals surface area (Å²) in [6.45, 7) is 3.00. The van der Waals surface area contributed by atoms with Crippen molar-refractivity contribution < 1.29 is 0 Å². The van der Waals surface area contributed by atoms with Gasteiger partial charge < -0.3 is 15.6 Å². The summed E-state index contributed by atoms with van der Waals surface area (Å²) in [7, 11) is 3.64. The van der Waals surface area contributed by atoms with Crippen LogP contribution >= 0.6 is 0 Å². The Labute approximate surface area is 108 Å². The molecule has 4 heteroatoms. The van der Waals surface area contributed by atoms with Gasteiger partial charge in [-0.15, -0.1) is 0 Å². The molecule has 2 rings (SSSR count). The predicted octanol–water partition coefficient (Wildman–Crippen LogP) is 1.81. The number of fused-ring (bicyclic) bond motifs is 1. The molecule has 0 amide bonds. The Bertz CT molecular complexity index is 554. The maximum Gasteiger partial charge on any atom is 0.190 e. The Morgan fingerprint density at radius 3 is 2.94 bits per heavy atom. The first-order chi connectivity index (χ1) is 8.76. The lowest BCUT2D eigenvalue weighted by Crippen LogP contribution is -2.35. The van der Waals surface area contributed by atoms with Gasteiger partial charge in [0.1, 0.15) is 0 Å². The minimum Gasteiger partial charge on any atom is -0.361 e. The molecule has 0 saturated heterocycles. The number of aromatic nitrogens is 1. The van der Waals surface area contributed by atoms with Gasteiger partial charge in [-0.25, -0.2) is 0 Å². The Morgan fingerprint density at radius 1 is 1.39 bits per heavy atom. The van der Waals surface area contributed by atoms with Crippen LogP contribution in [0.1, 0.15) is 11.1 Å². The van der Waals surface area contributed by atoms with Crippen LogP contribution in [0.4, 0.5) is 0 Å². The van der Waals surface area contributed by atoms with Crippen molar-refractivity contribution in [2.45, 2.75) is 13.3 Å². The van der Waals surface area contributed by atoms with Gasteiger partial charge in [-0.05, 0) is 24.5 Å². The second-order valence-corrected chi connectivity index (χ2v) is 4.31. The zero-order chi connectivity index (χ0) is 13.0. The third kappa shape index (κ3) is 2.47. The van der Waals surface area contributed by atoms with E-state index in [1.165, 1.54) is 22.0 Å². The fourth-order valence-electron chi connectivity index (χ4n) is 2.17. The minimum atomic E-state index is 0.825. The quantitative estimate of drug-likeness (QED) is 0.570. The number of nitrogens with one attached hydrogen (secondary N) is 3. The van der Waals surface area contributed by atoms with Gasteiger partial charge in [0.2, 0.25) is 0 Å². The molecule has 18 heavy (non-hydrogen) atoms. The smallest absolute Gasteiger partial charge is 0.190 e. The highest BCUT2D eigenvalue weighted by molar-refractivity contribution is 5.86. The van der Waals surface area contributed by atoms with Crippen molar-refractivity contribution in [3.63, 3.8) is 0 Å². The zero-order valence-corrected chi connectivity index (χ0v) is 11.2. The topological polar surface area (TPSA) is 52.2 Å². The summed E-state index contributed by atoms with van der Waals surface area (Å²) in [5, 5.41) is 7.59. The van der Waals surface area contributed by atoms with E-state index in [2.05, 4.69) is 51.9 Å². The van der Waals surface area contributed by atoms with E-state index >= 15 is 0 Å². The van der Waals surface area contributed by atoms with E-state index in [0.29, 0.717) is 0 Å². The summed E-state index contributed by atoms with van der Waals surface area (Å²) in [4.78, 5) is 7.44. The van der Waals surface area contributed by atoms with Gasteiger partial charge in [0.15, 0.2) is 5.96 Å². The van der Waals surface area contributed by atoms with E-state index in [1.807, 2.05) is 7.05 Å². The average molecular weight is 244 g/mol. The molecule has 1 heterocycles. The Morgan fingerprint density at radius 2 is 2.22 bits per heavy atom. The number of aliphatic imine (C=N–C) groups is 1. The second kappa shape index (κ2) is 5.58. The number of aromatic amines is 1. The van der Waals surface area contributed by atoms with Gasteiger partial charge >= 0.3 is 0 Å². The molecular formula is C14H20N4. The molecule has 0 atom stereocenters. The second-order valence-electron chi connectivity index (χ2n) is 4.31. The first kappa shape index (κ1) is 12.5. The van der Waals surface area contributed by atoms with Crippen LogP contribution in [0.2, 0.25) is 0 Å². The molecule has 0 aliphatic carbocycles. The molecule has 0 aliphatic heterocycles. The largest absolute Gasteiger partial charge is 0.361 e. The molecule has 0 radical (unpaired) electrons.